The number of rotatable bonds is 2. The van der Waals surface area contributed by atoms with Crippen LogP contribution in [0, 0.1) is 6.92 Å². The van der Waals surface area contributed by atoms with Gasteiger partial charge in [-0.05, 0) is 37.5 Å². The van der Waals surface area contributed by atoms with Gasteiger partial charge in [-0.1, -0.05) is 11.3 Å². The zero-order valence-electron chi connectivity index (χ0n) is 15.7. The molecule has 4 heterocycles. The highest BCUT2D eigenvalue weighted by Gasteiger charge is 2.29. The van der Waals surface area contributed by atoms with Gasteiger partial charge in [-0.25, -0.2) is 9.97 Å². The molecule has 7 nitrogen and oxygen atoms in total. The Labute approximate surface area is 166 Å². The quantitative estimate of drug-likeness (QED) is 0.712. The first-order chi connectivity index (χ1) is 13.6. The SMILES string of the molecule is Cc1cc(C(=O)N2CCc3oc(C4CCOCC4)nc3C2)cc2sc(N)nc12. The minimum absolute atomic E-state index is 0.0123. The molecular formula is C20H22N4O3S. The number of anilines is 1. The number of fused-ring (bicyclic) bond motifs is 2. The number of amides is 1. The monoisotopic (exact) mass is 398 g/mol. The molecule has 2 aliphatic heterocycles. The molecule has 0 atom stereocenters. The molecule has 2 aromatic heterocycles. The van der Waals surface area contributed by atoms with Gasteiger partial charge in [0.15, 0.2) is 11.0 Å². The van der Waals surface area contributed by atoms with Crippen molar-refractivity contribution in [3.63, 3.8) is 0 Å². The van der Waals surface area contributed by atoms with Gasteiger partial charge in [0.25, 0.3) is 5.91 Å². The number of carbonyl (C=O) groups is 1. The molecule has 1 amide bonds. The molecule has 0 radical (unpaired) electrons. The number of benzene rings is 1. The van der Waals surface area contributed by atoms with Crippen LogP contribution in [0.4, 0.5) is 5.13 Å². The Hall–Kier alpha value is -2.45. The van der Waals surface area contributed by atoms with Gasteiger partial charge < -0.3 is 19.8 Å². The molecule has 28 heavy (non-hydrogen) atoms. The molecule has 3 aromatic rings. The van der Waals surface area contributed by atoms with Crippen molar-refractivity contribution in [2.75, 3.05) is 25.5 Å². The number of nitrogens with two attached hydrogens (primary N) is 1. The Bertz CT molecular complexity index is 1050. The molecule has 0 spiro atoms. The van der Waals surface area contributed by atoms with E-state index in [4.69, 9.17) is 19.9 Å². The highest BCUT2D eigenvalue weighted by Crippen LogP contribution is 2.31. The summed E-state index contributed by atoms with van der Waals surface area (Å²) in [6, 6.07) is 3.79. The first kappa shape index (κ1) is 17.6. The van der Waals surface area contributed by atoms with Gasteiger partial charge in [-0.15, -0.1) is 0 Å². The lowest BCUT2D eigenvalue weighted by Gasteiger charge is -2.25. The number of hydrogen-bond donors (Lipinski definition) is 1. The van der Waals surface area contributed by atoms with E-state index in [2.05, 4.69) is 4.98 Å². The maximum atomic E-state index is 13.1. The van der Waals surface area contributed by atoms with E-state index < -0.39 is 0 Å². The molecule has 1 saturated heterocycles. The summed E-state index contributed by atoms with van der Waals surface area (Å²) in [6.45, 7) is 4.60. The fraction of sp³-hybridized carbons (Fsp3) is 0.450. The molecule has 2 N–H and O–H groups in total. The first-order valence-corrected chi connectivity index (χ1v) is 10.4. The van der Waals surface area contributed by atoms with Crippen molar-refractivity contribution in [3.8, 4) is 0 Å². The van der Waals surface area contributed by atoms with Crippen molar-refractivity contribution in [1.29, 1.82) is 0 Å². The Morgan fingerprint density at radius 2 is 2.11 bits per heavy atom. The lowest BCUT2D eigenvalue weighted by molar-refractivity contribution is 0.0726. The average Bonchev–Trinajstić information content (AvgIpc) is 3.30. The zero-order chi connectivity index (χ0) is 19.3. The normalized spacial score (nSPS) is 17.8. The molecular weight excluding hydrogens is 376 g/mol. The predicted octanol–water partition coefficient (Wildman–Crippen LogP) is 3.27. The summed E-state index contributed by atoms with van der Waals surface area (Å²) in [6.07, 6.45) is 2.59. The van der Waals surface area contributed by atoms with Crippen LogP contribution in [0.25, 0.3) is 10.2 Å². The first-order valence-electron chi connectivity index (χ1n) is 9.60. The van der Waals surface area contributed by atoms with Gasteiger partial charge in [0.1, 0.15) is 11.5 Å². The zero-order valence-corrected chi connectivity index (χ0v) is 16.6. The van der Waals surface area contributed by atoms with Crippen molar-refractivity contribution in [2.24, 2.45) is 0 Å². The Morgan fingerprint density at radius 3 is 2.93 bits per heavy atom. The number of nitrogens with zero attached hydrogens (tertiary/aromatic N) is 3. The second-order valence-corrected chi connectivity index (χ2v) is 8.54. The topological polar surface area (TPSA) is 94.5 Å². The second kappa shape index (κ2) is 6.86. The van der Waals surface area contributed by atoms with E-state index >= 15 is 0 Å². The van der Waals surface area contributed by atoms with E-state index in [0.717, 1.165) is 59.2 Å². The van der Waals surface area contributed by atoms with E-state index in [1.807, 2.05) is 24.0 Å². The lowest BCUT2D eigenvalue weighted by Crippen LogP contribution is -2.35. The molecule has 0 aliphatic carbocycles. The largest absolute Gasteiger partial charge is 0.445 e. The highest BCUT2D eigenvalue weighted by atomic mass is 32.1. The van der Waals surface area contributed by atoms with Gasteiger partial charge in [0, 0.05) is 37.7 Å². The molecule has 1 fully saturated rings. The van der Waals surface area contributed by atoms with Gasteiger partial charge in [0.2, 0.25) is 0 Å². The Kier molecular flexibility index (Phi) is 4.32. The molecule has 146 valence electrons. The number of thiazole rings is 1. The summed E-state index contributed by atoms with van der Waals surface area (Å²) >= 11 is 1.41. The fourth-order valence-electron chi connectivity index (χ4n) is 4.03. The maximum Gasteiger partial charge on any atom is 0.254 e. The van der Waals surface area contributed by atoms with Crippen molar-refractivity contribution < 1.29 is 13.9 Å². The summed E-state index contributed by atoms with van der Waals surface area (Å²) in [4.78, 5) is 24.0. The minimum atomic E-state index is 0.0123. The van der Waals surface area contributed by atoms with Crippen LogP contribution in [-0.4, -0.2) is 40.5 Å². The molecule has 1 aromatic carbocycles. The number of carbonyl (C=O) groups excluding carboxylic acids is 1. The van der Waals surface area contributed by atoms with Gasteiger partial charge >= 0.3 is 0 Å². The average molecular weight is 398 g/mol. The van der Waals surface area contributed by atoms with Gasteiger partial charge in [-0.3, -0.25) is 4.79 Å². The summed E-state index contributed by atoms with van der Waals surface area (Å²) in [5.74, 6) is 2.07. The third-order valence-corrected chi connectivity index (χ3v) is 6.38. The second-order valence-electron chi connectivity index (χ2n) is 7.48. The van der Waals surface area contributed by atoms with Crippen molar-refractivity contribution >= 4 is 32.6 Å². The molecule has 0 saturated carbocycles. The minimum Gasteiger partial charge on any atom is -0.445 e. The Morgan fingerprint density at radius 1 is 1.29 bits per heavy atom. The molecule has 0 bridgehead atoms. The van der Waals surface area contributed by atoms with Crippen molar-refractivity contribution in [2.45, 2.75) is 38.6 Å². The third kappa shape index (κ3) is 3.06. The summed E-state index contributed by atoms with van der Waals surface area (Å²) in [5.41, 5.74) is 9.23. The van der Waals surface area contributed by atoms with Crippen LogP contribution in [0.2, 0.25) is 0 Å². The van der Waals surface area contributed by atoms with Crippen LogP contribution in [-0.2, 0) is 17.7 Å². The third-order valence-electron chi connectivity index (χ3n) is 5.55. The maximum absolute atomic E-state index is 13.1. The van der Waals surface area contributed by atoms with E-state index in [-0.39, 0.29) is 5.91 Å². The number of ether oxygens (including phenoxy) is 1. The fourth-order valence-corrected chi connectivity index (χ4v) is 4.88. The smallest absolute Gasteiger partial charge is 0.254 e. The molecule has 2 aliphatic rings. The number of hydrogen-bond acceptors (Lipinski definition) is 7. The summed E-state index contributed by atoms with van der Waals surface area (Å²) in [5, 5.41) is 0.522. The highest BCUT2D eigenvalue weighted by molar-refractivity contribution is 7.22. The van der Waals surface area contributed by atoms with Gasteiger partial charge in [0.05, 0.1) is 16.8 Å². The van der Waals surface area contributed by atoms with Crippen molar-refractivity contribution in [1.82, 2.24) is 14.9 Å². The number of nitrogen functional groups attached to an aromatic ring is 1. The van der Waals surface area contributed by atoms with Crippen LogP contribution in [0.15, 0.2) is 16.5 Å². The predicted molar refractivity (Wildman–Crippen MR) is 107 cm³/mol. The number of oxazole rings is 1. The lowest BCUT2D eigenvalue weighted by atomic mass is 10.0. The van der Waals surface area contributed by atoms with Crippen LogP contribution in [0.5, 0.6) is 0 Å². The summed E-state index contributed by atoms with van der Waals surface area (Å²) in [7, 11) is 0. The van der Waals surface area contributed by atoms with Crippen LogP contribution < -0.4 is 5.73 Å². The van der Waals surface area contributed by atoms with Crippen molar-refractivity contribution in [3.05, 3.63) is 40.6 Å². The van der Waals surface area contributed by atoms with Crippen LogP contribution in [0.3, 0.4) is 0 Å². The standard InChI is InChI=1S/C20H22N4O3S/c1-11-8-13(9-16-17(11)23-20(21)28-16)19(25)24-5-2-15-14(10-24)22-18(27-15)12-3-6-26-7-4-12/h8-9,12H,2-7,10H2,1H3,(H2,21,23). The van der Waals surface area contributed by atoms with E-state index in [1.165, 1.54) is 11.3 Å². The van der Waals surface area contributed by atoms with Crippen LogP contribution >= 0.6 is 11.3 Å². The number of aryl methyl sites for hydroxylation is 1. The van der Waals surface area contributed by atoms with E-state index in [1.54, 1.807) is 0 Å². The van der Waals surface area contributed by atoms with Crippen LogP contribution in [0.1, 0.15) is 52.0 Å². The molecule has 8 heteroatoms. The van der Waals surface area contributed by atoms with Gasteiger partial charge in [-0.2, -0.15) is 0 Å². The van der Waals surface area contributed by atoms with E-state index in [9.17, 15) is 4.79 Å². The number of aromatic nitrogens is 2. The molecule has 0 unspecified atom stereocenters. The van der Waals surface area contributed by atoms with E-state index in [0.29, 0.717) is 36.1 Å². The Balaban J connectivity index is 1.38. The molecule has 5 rings (SSSR count). The summed E-state index contributed by atoms with van der Waals surface area (Å²) < 4.78 is 12.4.